The van der Waals surface area contributed by atoms with Crippen LogP contribution < -0.4 is 0 Å². The molecule has 0 radical (unpaired) electrons. The lowest BCUT2D eigenvalue weighted by Crippen LogP contribution is -2.46. The lowest BCUT2D eigenvalue weighted by molar-refractivity contribution is -0.141. The quantitative estimate of drug-likeness (QED) is 0.537. The number of benzene rings is 1. The van der Waals surface area contributed by atoms with Crippen LogP contribution in [-0.4, -0.2) is 87.5 Å². The fraction of sp³-hybridized carbons (Fsp3) is 0.542. The van der Waals surface area contributed by atoms with Crippen molar-refractivity contribution in [2.75, 3.05) is 45.5 Å². The van der Waals surface area contributed by atoms with Crippen LogP contribution in [0.15, 0.2) is 52.4 Å². The van der Waals surface area contributed by atoms with Gasteiger partial charge in [0.1, 0.15) is 5.69 Å². The predicted molar refractivity (Wildman–Crippen MR) is 132 cm³/mol. The van der Waals surface area contributed by atoms with E-state index < -0.39 is 31.7 Å². The number of alkyl halides is 3. The molecule has 4 rings (SSSR count). The molecule has 0 atom stereocenters. The minimum absolute atomic E-state index is 0.0186. The first-order valence-electron chi connectivity index (χ1n) is 12.1. The predicted octanol–water partition coefficient (Wildman–Crippen LogP) is 2.86. The summed E-state index contributed by atoms with van der Waals surface area (Å²) in [7, 11) is -7.34. The van der Waals surface area contributed by atoms with Crippen LogP contribution in [0.5, 0.6) is 0 Å². The van der Waals surface area contributed by atoms with Gasteiger partial charge in [0.15, 0.2) is 9.84 Å². The highest BCUT2D eigenvalue weighted by molar-refractivity contribution is 7.91. The van der Waals surface area contributed by atoms with E-state index in [0.717, 1.165) is 50.4 Å². The summed E-state index contributed by atoms with van der Waals surface area (Å²) in [6.45, 7) is 4.16. The average Bonchev–Trinajstić information content (AvgIpc) is 3.11. The standard InChI is InChI=1S/C24H31F3N4O4S2/c1-36(32,33)21-4-2-5-22(16-21)37(34,35)31-11-3-10-30(14-15-31)20-8-12-29(13-9-20)18-19-6-7-23(28-17-19)24(25,26)27/h2,4-7,16-17,20H,3,8-15,18H2,1H3. The molecule has 2 fully saturated rings. The molecular weight excluding hydrogens is 529 g/mol. The van der Waals surface area contributed by atoms with Gasteiger partial charge in [0, 0.05) is 44.7 Å². The number of aromatic nitrogens is 1. The third-order valence-corrected chi connectivity index (χ3v) is 9.96. The van der Waals surface area contributed by atoms with Crippen molar-refractivity contribution < 1.29 is 30.0 Å². The van der Waals surface area contributed by atoms with Gasteiger partial charge in [0.2, 0.25) is 10.0 Å². The summed E-state index contributed by atoms with van der Waals surface area (Å²) < 4.78 is 89.8. The number of halogens is 3. The maximum Gasteiger partial charge on any atom is 0.433 e. The monoisotopic (exact) mass is 560 g/mol. The van der Waals surface area contributed by atoms with Crippen molar-refractivity contribution in [3.63, 3.8) is 0 Å². The van der Waals surface area contributed by atoms with Crippen molar-refractivity contribution in [2.45, 2.75) is 47.8 Å². The SMILES string of the molecule is CS(=O)(=O)c1cccc(S(=O)(=O)N2CCCN(C3CCN(Cc4ccc(C(F)(F)F)nc4)CC3)CC2)c1. The molecule has 0 aliphatic carbocycles. The molecule has 3 heterocycles. The molecule has 0 spiro atoms. The Bertz CT molecular complexity index is 1290. The van der Waals surface area contributed by atoms with Gasteiger partial charge in [-0.1, -0.05) is 12.1 Å². The van der Waals surface area contributed by atoms with Crippen LogP contribution in [0.4, 0.5) is 13.2 Å². The van der Waals surface area contributed by atoms with Gasteiger partial charge in [0.05, 0.1) is 9.79 Å². The minimum atomic E-state index is -4.45. The van der Waals surface area contributed by atoms with Gasteiger partial charge in [-0.25, -0.2) is 16.8 Å². The molecule has 1 aromatic carbocycles. The van der Waals surface area contributed by atoms with E-state index in [1.54, 1.807) is 0 Å². The maximum atomic E-state index is 13.2. The van der Waals surface area contributed by atoms with Gasteiger partial charge in [-0.05, 0) is 68.7 Å². The van der Waals surface area contributed by atoms with Crippen LogP contribution in [0.1, 0.15) is 30.5 Å². The fourth-order valence-corrected chi connectivity index (χ4v) is 7.18. The van der Waals surface area contributed by atoms with Crippen LogP contribution in [0.3, 0.4) is 0 Å². The summed E-state index contributed by atoms with van der Waals surface area (Å²) in [5, 5.41) is 0. The molecule has 1 aromatic heterocycles. The molecule has 0 saturated carbocycles. The third-order valence-electron chi connectivity index (χ3n) is 6.96. The van der Waals surface area contributed by atoms with Crippen molar-refractivity contribution in [2.24, 2.45) is 0 Å². The van der Waals surface area contributed by atoms with Crippen molar-refractivity contribution in [3.8, 4) is 0 Å². The zero-order valence-corrected chi connectivity index (χ0v) is 22.2. The van der Waals surface area contributed by atoms with E-state index in [2.05, 4.69) is 14.8 Å². The highest BCUT2D eigenvalue weighted by Crippen LogP contribution is 2.28. The van der Waals surface area contributed by atoms with Crippen molar-refractivity contribution >= 4 is 19.9 Å². The molecular formula is C24H31F3N4O4S2. The number of hydrogen-bond acceptors (Lipinski definition) is 7. The largest absolute Gasteiger partial charge is 0.433 e. The minimum Gasteiger partial charge on any atom is -0.299 e. The zero-order valence-electron chi connectivity index (χ0n) is 20.6. The molecule has 0 amide bonds. The Morgan fingerprint density at radius 1 is 0.919 bits per heavy atom. The average molecular weight is 561 g/mol. The topological polar surface area (TPSA) is 90.9 Å². The van der Waals surface area contributed by atoms with Crippen LogP contribution in [0.25, 0.3) is 0 Å². The summed E-state index contributed by atoms with van der Waals surface area (Å²) >= 11 is 0. The molecule has 2 aromatic rings. The summed E-state index contributed by atoms with van der Waals surface area (Å²) in [6.07, 6.45) is 0.328. The number of sulfone groups is 1. The Balaban J connectivity index is 1.32. The number of pyridine rings is 1. The van der Waals surface area contributed by atoms with E-state index in [9.17, 15) is 30.0 Å². The number of hydrogen-bond donors (Lipinski definition) is 0. The summed E-state index contributed by atoms with van der Waals surface area (Å²) in [6, 6.07) is 8.26. The lowest BCUT2D eigenvalue weighted by Gasteiger charge is -2.38. The molecule has 2 saturated heterocycles. The third kappa shape index (κ3) is 6.88. The normalized spacial score (nSPS) is 20.1. The van der Waals surface area contributed by atoms with Crippen LogP contribution >= 0.6 is 0 Å². The second kappa shape index (κ2) is 11.0. The highest BCUT2D eigenvalue weighted by atomic mass is 32.2. The molecule has 2 aliphatic heterocycles. The van der Waals surface area contributed by atoms with Crippen molar-refractivity contribution in [1.82, 2.24) is 19.1 Å². The van der Waals surface area contributed by atoms with E-state index in [1.807, 2.05) is 0 Å². The molecule has 13 heteroatoms. The van der Waals surface area contributed by atoms with Gasteiger partial charge in [0.25, 0.3) is 0 Å². The second-order valence-electron chi connectivity index (χ2n) is 9.60. The Morgan fingerprint density at radius 3 is 2.24 bits per heavy atom. The lowest BCUT2D eigenvalue weighted by atomic mass is 10.0. The first kappa shape index (κ1) is 28.0. The van der Waals surface area contributed by atoms with Gasteiger partial charge in [-0.15, -0.1) is 0 Å². The summed E-state index contributed by atoms with van der Waals surface area (Å²) in [5.74, 6) is 0. The van der Waals surface area contributed by atoms with E-state index in [0.29, 0.717) is 38.6 Å². The zero-order chi connectivity index (χ0) is 26.8. The molecule has 0 bridgehead atoms. The number of sulfonamides is 1. The van der Waals surface area contributed by atoms with Gasteiger partial charge >= 0.3 is 6.18 Å². The van der Waals surface area contributed by atoms with Crippen LogP contribution in [0.2, 0.25) is 0 Å². The first-order valence-corrected chi connectivity index (χ1v) is 15.5. The summed E-state index contributed by atoms with van der Waals surface area (Å²) in [5.41, 5.74) is -0.155. The highest BCUT2D eigenvalue weighted by Gasteiger charge is 2.33. The van der Waals surface area contributed by atoms with E-state index in [4.69, 9.17) is 0 Å². The fourth-order valence-electron chi connectivity index (χ4n) is 4.92. The van der Waals surface area contributed by atoms with Gasteiger partial charge < -0.3 is 0 Å². The Hall–Kier alpha value is -2.06. The van der Waals surface area contributed by atoms with E-state index >= 15 is 0 Å². The second-order valence-corrected chi connectivity index (χ2v) is 13.6. The van der Waals surface area contributed by atoms with Crippen LogP contribution in [-0.2, 0) is 32.6 Å². The Kier molecular flexibility index (Phi) is 8.29. The summed E-state index contributed by atoms with van der Waals surface area (Å²) in [4.78, 5) is 8.01. The number of piperidine rings is 1. The smallest absolute Gasteiger partial charge is 0.299 e. The molecule has 2 aliphatic rings. The van der Waals surface area contributed by atoms with Crippen LogP contribution in [0, 0.1) is 0 Å². The number of nitrogens with zero attached hydrogens (tertiary/aromatic N) is 4. The first-order chi connectivity index (χ1) is 17.3. The van der Waals surface area contributed by atoms with E-state index in [-0.39, 0.29) is 9.79 Å². The van der Waals surface area contributed by atoms with Gasteiger partial charge in [-0.2, -0.15) is 17.5 Å². The van der Waals surface area contributed by atoms with Gasteiger partial charge in [-0.3, -0.25) is 14.8 Å². The maximum absolute atomic E-state index is 13.2. The number of likely N-dealkylation sites (tertiary alicyclic amines) is 1. The molecule has 0 N–H and O–H groups in total. The number of rotatable bonds is 6. The Morgan fingerprint density at radius 2 is 1.62 bits per heavy atom. The van der Waals surface area contributed by atoms with E-state index in [1.165, 1.54) is 40.8 Å². The van der Waals surface area contributed by atoms with Crippen molar-refractivity contribution in [1.29, 1.82) is 0 Å². The van der Waals surface area contributed by atoms with Crippen molar-refractivity contribution in [3.05, 3.63) is 53.9 Å². The molecule has 204 valence electrons. The molecule has 8 nitrogen and oxygen atoms in total. The molecule has 37 heavy (non-hydrogen) atoms. The Labute approximate surface area is 216 Å². The molecule has 0 unspecified atom stereocenters.